The Kier molecular flexibility index (Phi) is 4.72. The topological polar surface area (TPSA) is 57.6 Å². The van der Waals surface area contributed by atoms with Gasteiger partial charge in [-0.05, 0) is 40.3 Å². The fourth-order valence-electron chi connectivity index (χ4n) is 1.20. The first kappa shape index (κ1) is 13.0. The Morgan fingerprint density at radius 3 is 2.38 bits per heavy atom. The molecular weight excluding hydrogens is 321 g/mol. The van der Waals surface area contributed by atoms with E-state index in [1.807, 2.05) is 24.3 Å². The van der Waals surface area contributed by atoms with E-state index in [0.717, 1.165) is 9.13 Å². The molecule has 86 valence electrons. The van der Waals surface area contributed by atoms with Gasteiger partial charge in [0.2, 0.25) is 5.91 Å². The van der Waals surface area contributed by atoms with E-state index in [0.29, 0.717) is 0 Å². The third kappa shape index (κ3) is 4.18. The molecule has 1 rings (SSSR count). The number of carboxylic acid groups (broad SMARTS) is 1. The van der Waals surface area contributed by atoms with Gasteiger partial charge in [0.1, 0.15) is 6.54 Å². The van der Waals surface area contributed by atoms with E-state index in [9.17, 15) is 9.59 Å². The zero-order valence-electron chi connectivity index (χ0n) is 8.81. The first-order valence-corrected chi connectivity index (χ1v) is 5.77. The fraction of sp³-hybridized carbons (Fsp3) is 0.273. The van der Waals surface area contributed by atoms with Crippen LogP contribution in [0, 0.1) is 3.57 Å². The molecule has 0 aliphatic heterocycles. The van der Waals surface area contributed by atoms with Crippen LogP contribution in [0.15, 0.2) is 24.3 Å². The van der Waals surface area contributed by atoms with Crippen molar-refractivity contribution in [1.82, 2.24) is 4.90 Å². The molecule has 0 spiro atoms. The molecule has 0 aliphatic carbocycles. The highest BCUT2D eigenvalue weighted by atomic mass is 127. The van der Waals surface area contributed by atoms with E-state index in [1.54, 1.807) is 0 Å². The van der Waals surface area contributed by atoms with E-state index in [-0.39, 0.29) is 18.9 Å². The normalized spacial score (nSPS) is 9.88. The number of nitrogens with zero attached hydrogens (tertiary/aromatic N) is 1. The van der Waals surface area contributed by atoms with E-state index in [2.05, 4.69) is 22.6 Å². The summed E-state index contributed by atoms with van der Waals surface area (Å²) in [6.45, 7) is -0.261. The van der Waals surface area contributed by atoms with E-state index in [1.165, 1.54) is 11.9 Å². The van der Waals surface area contributed by atoms with Crippen molar-refractivity contribution in [2.45, 2.75) is 6.42 Å². The van der Waals surface area contributed by atoms with Crippen LogP contribution in [0.3, 0.4) is 0 Å². The summed E-state index contributed by atoms with van der Waals surface area (Å²) in [6.07, 6.45) is 0.237. The number of likely N-dealkylation sites (N-methyl/N-ethyl adjacent to an activating group) is 1. The van der Waals surface area contributed by atoms with Gasteiger partial charge in [0.15, 0.2) is 0 Å². The number of hydrogen-bond acceptors (Lipinski definition) is 2. The summed E-state index contributed by atoms with van der Waals surface area (Å²) in [5.41, 5.74) is 0.891. The highest BCUT2D eigenvalue weighted by Gasteiger charge is 2.12. The van der Waals surface area contributed by atoms with Gasteiger partial charge < -0.3 is 10.0 Å². The Hall–Kier alpha value is -1.11. The molecule has 5 heteroatoms. The lowest BCUT2D eigenvalue weighted by Gasteiger charge is -2.14. The maximum Gasteiger partial charge on any atom is 0.323 e. The minimum absolute atomic E-state index is 0.191. The second-order valence-corrected chi connectivity index (χ2v) is 4.69. The highest BCUT2D eigenvalue weighted by Crippen LogP contribution is 2.08. The van der Waals surface area contributed by atoms with Gasteiger partial charge in [-0.3, -0.25) is 9.59 Å². The zero-order valence-corrected chi connectivity index (χ0v) is 11.0. The summed E-state index contributed by atoms with van der Waals surface area (Å²) in [5.74, 6) is -1.19. The molecule has 0 atom stereocenters. The number of halogens is 1. The second kappa shape index (κ2) is 5.83. The molecule has 16 heavy (non-hydrogen) atoms. The van der Waals surface area contributed by atoms with Gasteiger partial charge in [-0.15, -0.1) is 0 Å². The third-order valence-electron chi connectivity index (χ3n) is 2.07. The Bertz CT molecular complexity index is 389. The predicted octanol–water partition coefficient (Wildman–Crippen LogP) is 1.38. The van der Waals surface area contributed by atoms with Gasteiger partial charge in [-0.2, -0.15) is 0 Å². The van der Waals surface area contributed by atoms with Gasteiger partial charge in [-0.25, -0.2) is 0 Å². The van der Waals surface area contributed by atoms with Gasteiger partial charge in [0, 0.05) is 10.6 Å². The molecular formula is C11H12INO3. The molecule has 0 saturated heterocycles. The zero-order chi connectivity index (χ0) is 12.1. The van der Waals surface area contributed by atoms with Crippen LogP contribution in [-0.2, 0) is 16.0 Å². The van der Waals surface area contributed by atoms with Crippen molar-refractivity contribution < 1.29 is 14.7 Å². The Balaban J connectivity index is 2.57. The highest BCUT2D eigenvalue weighted by molar-refractivity contribution is 14.1. The quantitative estimate of drug-likeness (QED) is 0.847. The summed E-state index contributed by atoms with van der Waals surface area (Å²) >= 11 is 2.19. The van der Waals surface area contributed by atoms with Crippen LogP contribution >= 0.6 is 22.6 Å². The van der Waals surface area contributed by atoms with Crippen LogP contribution in [0.1, 0.15) is 5.56 Å². The minimum atomic E-state index is -1.00. The van der Waals surface area contributed by atoms with Crippen molar-refractivity contribution >= 4 is 34.5 Å². The minimum Gasteiger partial charge on any atom is -0.480 e. The molecule has 0 unspecified atom stereocenters. The Morgan fingerprint density at radius 1 is 1.31 bits per heavy atom. The summed E-state index contributed by atoms with van der Waals surface area (Å²) in [6, 6.07) is 7.57. The maximum absolute atomic E-state index is 11.6. The first-order chi connectivity index (χ1) is 7.49. The van der Waals surface area contributed by atoms with Crippen molar-refractivity contribution in [3.63, 3.8) is 0 Å². The molecule has 1 N–H and O–H groups in total. The lowest BCUT2D eigenvalue weighted by Crippen LogP contribution is -2.33. The molecule has 4 nitrogen and oxygen atoms in total. The number of hydrogen-bond donors (Lipinski definition) is 1. The van der Waals surface area contributed by atoms with Gasteiger partial charge in [-0.1, -0.05) is 12.1 Å². The Labute approximate surface area is 107 Å². The van der Waals surface area contributed by atoms with Crippen LogP contribution in [-0.4, -0.2) is 35.5 Å². The van der Waals surface area contributed by atoms with Crippen LogP contribution in [0.4, 0.5) is 0 Å². The monoisotopic (exact) mass is 333 g/mol. The van der Waals surface area contributed by atoms with Crippen molar-refractivity contribution in [2.75, 3.05) is 13.6 Å². The SMILES string of the molecule is CN(CC(=O)O)C(=O)Cc1ccc(I)cc1. The number of amides is 1. The van der Waals surface area contributed by atoms with E-state index in [4.69, 9.17) is 5.11 Å². The van der Waals surface area contributed by atoms with Crippen LogP contribution in [0.25, 0.3) is 0 Å². The summed E-state index contributed by atoms with van der Waals surface area (Å²) < 4.78 is 1.10. The van der Waals surface area contributed by atoms with Crippen LogP contribution < -0.4 is 0 Å². The largest absolute Gasteiger partial charge is 0.480 e. The number of carboxylic acids is 1. The van der Waals surface area contributed by atoms with E-state index < -0.39 is 5.97 Å². The summed E-state index contributed by atoms with van der Waals surface area (Å²) in [7, 11) is 1.49. The lowest BCUT2D eigenvalue weighted by molar-refractivity contribution is -0.143. The lowest BCUT2D eigenvalue weighted by atomic mass is 10.1. The number of aliphatic carboxylic acids is 1. The molecule has 1 aromatic rings. The third-order valence-corrected chi connectivity index (χ3v) is 2.79. The molecule has 0 aliphatic rings. The average molecular weight is 333 g/mol. The van der Waals surface area contributed by atoms with Gasteiger partial charge in [0.25, 0.3) is 0 Å². The second-order valence-electron chi connectivity index (χ2n) is 3.45. The predicted molar refractivity (Wildman–Crippen MR) is 68.1 cm³/mol. The standard InChI is InChI=1S/C11H12INO3/c1-13(7-11(15)16)10(14)6-8-2-4-9(12)5-3-8/h2-5H,6-7H2,1H3,(H,15,16). The summed E-state index contributed by atoms with van der Waals surface area (Å²) in [4.78, 5) is 23.2. The number of rotatable bonds is 4. The average Bonchev–Trinajstić information content (AvgIpc) is 2.20. The van der Waals surface area contributed by atoms with Crippen molar-refractivity contribution in [1.29, 1.82) is 0 Å². The summed E-state index contributed by atoms with van der Waals surface area (Å²) in [5, 5.41) is 8.54. The fourth-order valence-corrected chi connectivity index (χ4v) is 1.56. The van der Waals surface area contributed by atoms with Crippen LogP contribution in [0.5, 0.6) is 0 Å². The number of benzene rings is 1. The molecule has 1 aromatic carbocycles. The van der Waals surface area contributed by atoms with Crippen molar-refractivity contribution in [2.24, 2.45) is 0 Å². The van der Waals surface area contributed by atoms with Gasteiger partial charge >= 0.3 is 5.97 Å². The van der Waals surface area contributed by atoms with Gasteiger partial charge in [0.05, 0.1) is 6.42 Å². The molecule has 1 amide bonds. The molecule has 0 heterocycles. The van der Waals surface area contributed by atoms with Crippen LogP contribution in [0.2, 0.25) is 0 Å². The smallest absolute Gasteiger partial charge is 0.323 e. The number of carbonyl (C=O) groups is 2. The Morgan fingerprint density at radius 2 is 1.88 bits per heavy atom. The maximum atomic E-state index is 11.6. The first-order valence-electron chi connectivity index (χ1n) is 4.69. The molecule has 0 radical (unpaired) electrons. The molecule has 0 saturated carbocycles. The van der Waals surface area contributed by atoms with Crippen molar-refractivity contribution in [3.05, 3.63) is 33.4 Å². The molecule has 0 aromatic heterocycles. The molecule has 0 bridgehead atoms. The molecule has 0 fully saturated rings. The van der Waals surface area contributed by atoms with Crippen molar-refractivity contribution in [3.8, 4) is 0 Å². The van der Waals surface area contributed by atoms with E-state index >= 15 is 0 Å². The number of carbonyl (C=O) groups excluding carboxylic acids is 1.